The molecule has 0 bridgehead atoms. The van der Waals surface area contributed by atoms with E-state index in [0.29, 0.717) is 17.9 Å². The molecule has 1 aliphatic heterocycles. The van der Waals surface area contributed by atoms with Gasteiger partial charge in [-0.3, -0.25) is 9.79 Å². The predicted molar refractivity (Wildman–Crippen MR) is 100 cm³/mol. The van der Waals surface area contributed by atoms with E-state index in [1.54, 1.807) is 24.4 Å². The van der Waals surface area contributed by atoms with E-state index >= 15 is 0 Å². The maximum absolute atomic E-state index is 11.2. The quantitative estimate of drug-likeness (QED) is 0.670. The van der Waals surface area contributed by atoms with Gasteiger partial charge in [0.15, 0.2) is 0 Å². The highest BCUT2D eigenvalue weighted by molar-refractivity contribution is 6.15. The van der Waals surface area contributed by atoms with Gasteiger partial charge in [-0.05, 0) is 35.9 Å². The fourth-order valence-electron chi connectivity index (χ4n) is 2.89. The molecule has 2 heterocycles. The van der Waals surface area contributed by atoms with Crippen LogP contribution in [0.3, 0.4) is 0 Å². The fourth-order valence-corrected chi connectivity index (χ4v) is 2.89. The van der Waals surface area contributed by atoms with E-state index in [0.717, 1.165) is 28.1 Å². The van der Waals surface area contributed by atoms with Crippen LogP contribution in [0.2, 0.25) is 0 Å². The Morgan fingerprint density at radius 1 is 1.08 bits per heavy atom. The van der Waals surface area contributed by atoms with Crippen molar-refractivity contribution in [3.8, 4) is 0 Å². The molecule has 0 spiro atoms. The van der Waals surface area contributed by atoms with Crippen LogP contribution in [-0.2, 0) is 6.54 Å². The van der Waals surface area contributed by atoms with E-state index in [1.165, 1.54) is 0 Å². The zero-order valence-electron chi connectivity index (χ0n) is 13.8. The van der Waals surface area contributed by atoms with E-state index in [4.69, 9.17) is 11.5 Å². The molecular formula is C19H16N6O. The lowest BCUT2D eigenvalue weighted by Crippen LogP contribution is -2.11. The first kappa shape index (κ1) is 15.8. The number of anilines is 3. The van der Waals surface area contributed by atoms with Gasteiger partial charge in [0.1, 0.15) is 5.82 Å². The number of carbonyl (C=O) groups excluding carboxylic acids is 1. The molecule has 7 heteroatoms. The summed E-state index contributed by atoms with van der Waals surface area (Å²) in [6.07, 6.45) is 1.60. The highest BCUT2D eigenvalue weighted by atomic mass is 16.1. The minimum absolute atomic E-state index is 0.216. The summed E-state index contributed by atoms with van der Waals surface area (Å²) in [5, 5.41) is 3.22. The van der Waals surface area contributed by atoms with Crippen molar-refractivity contribution in [2.24, 2.45) is 10.7 Å². The zero-order valence-corrected chi connectivity index (χ0v) is 13.8. The van der Waals surface area contributed by atoms with Crippen LogP contribution >= 0.6 is 0 Å². The smallest absolute Gasteiger partial charge is 0.248 e. The van der Waals surface area contributed by atoms with Crippen LogP contribution in [-0.4, -0.2) is 21.6 Å². The molecule has 0 fully saturated rings. The molecule has 0 atom stereocenters. The molecule has 1 amide bonds. The summed E-state index contributed by atoms with van der Waals surface area (Å²) in [5.41, 5.74) is 16.3. The first-order valence-corrected chi connectivity index (χ1v) is 8.04. The van der Waals surface area contributed by atoms with Crippen LogP contribution in [0.15, 0.2) is 59.7 Å². The number of aromatic nitrogens is 2. The number of amides is 1. The average molecular weight is 344 g/mol. The van der Waals surface area contributed by atoms with Crippen LogP contribution in [0.1, 0.15) is 27.0 Å². The Kier molecular flexibility index (Phi) is 3.81. The largest absolute Gasteiger partial charge is 0.368 e. The highest BCUT2D eigenvalue weighted by Gasteiger charge is 2.18. The van der Waals surface area contributed by atoms with Crippen molar-refractivity contribution in [1.82, 2.24) is 9.97 Å². The van der Waals surface area contributed by atoms with E-state index in [1.807, 2.05) is 30.3 Å². The van der Waals surface area contributed by atoms with Crippen LogP contribution in [0.4, 0.5) is 17.5 Å². The summed E-state index contributed by atoms with van der Waals surface area (Å²) < 4.78 is 0. The van der Waals surface area contributed by atoms with Gasteiger partial charge in [0.2, 0.25) is 11.9 Å². The normalized spacial score (nSPS) is 12.4. The molecule has 1 aliphatic rings. The third-order valence-electron chi connectivity index (χ3n) is 4.16. The molecular weight excluding hydrogens is 328 g/mol. The number of nitrogens with zero attached hydrogens (tertiary/aromatic N) is 3. The molecule has 1 aromatic heterocycles. The number of carbonyl (C=O) groups is 1. The van der Waals surface area contributed by atoms with Gasteiger partial charge in [0.25, 0.3) is 0 Å². The first-order valence-electron chi connectivity index (χ1n) is 8.04. The number of rotatable bonds is 4. The van der Waals surface area contributed by atoms with E-state index in [9.17, 15) is 4.79 Å². The molecule has 0 aliphatic carbocycles. The molecule has 26 heavy (non-hydrogen) atoms. The molecule has 0 saturated heterocycles. The molecule has 2 aromatic carbocycles. The average Bonchev–Trinajstić information content (AvgIpc) is 3.05. The number of hydrogen-bond acceptors (Lipinski definition) is 6. The van der Waals surface area contributed by atoms with Crippen LogP contribution in [0, 0.1) is 0 Å². The van der Waals surface area contributed by atoms with Gasteiger partial charge in [-0.25, -0.2) is 4.98 Å². The standard InChI is InChI=1S/C19H16N6O/c20-18(26)12-3-1-11(2-4-12)17-15-9-14(6-5-13(15)10-23-17)24-16-7-8-22-19(21)25-16/h1-9H,10H2,(H2,20,26)(H3,21,22,24,25). The predicted octanol–water partition coefficient (Wildman–Crippen LogP) is 2.25. The maximum Gasteiger partial charge on any atom is 0.248 e. The van der Waals surface area contributed by atoms with Gasteiger partial charge >= 0.3 is 0 Å². The first-order chi connectivity index (χ1) is 12.6. The van der Waals surface area contributed by atoms with Crippen molar-refractivity contribution in [1.29, 1.82) is 0 Å². The summed E-state index contributed by atoms with van der Waals surface area (Å²) in [4.78, 5) is 23.9. The SMILES string of the molecule is NC(=O)c1ccc(C2=NCc3ccc(Nc4ccnc(N)n4)cc32)cc1. The topological polar surface area (TPSA) is 119 Å². The molecule has 3 aromatic rings. The van der Waals surface area contributed by atoms with Crippen molar-refractivity contribution >= 4 is 29.1 Å². The van der Waals surface area contributed by atoms with E-state index < -0.39 is 5.91 Å². The Morgan fingerprint density at radius 3 is 2.62 bits per heavy atom. The Bertz CT molecular complexity index is 1030. The number of benzene rings is 2. The second-order valence-electron chi connectivity index (χ2n) is 5.90. The van der Waals surface area contributed by atoms with Crippen molar-refractivity contribution in [3.63, 3.8) is 0 Å². The lowest BCUT2D eigenvalue weighted by molar-refractivity contribution is 0.100. The number of nitrogen functional groups attached to an aromatic ring is 1. The molecule has 0 unspecified atom stereocenters. The van der Waals surface area contributed by atoms with Crippen LogP contribution in [0.5, 0.6) is 0 Å². The summed E-state index contributed by atoms with van der Waals surface area (Å²) in [7, 11) is 0. The highest BCUT2D eigenvalue weighted by Crippen LogP contribution is 2.27. The van der Waals surface area contributed by atoms with Gasteiger partial charge in [0.05, 0.1) is 12.3 Å². The molecule has 0 radical (unpaired) electrons. The lowest BCUT2D eigenvalue weighted by atomic mass is 9.98. The fraction of sp³-hybridized carbons (Fsp3) is 0.0526. The summed E-state index contributed by atoms with van der Waals surface area (Å²) >= 11 is 0. The molecule has 128 valence electrons. The van der Waals surface area contributed by atoms with Crippen molar-refractivity contribution in [3.05, 3.63) is 77.0 Å². The van der Waals surface area contributed by atoms with Crippen molar-refractivity contribution in [2.45, 2.75) is 6.54 Å². The van der Waals surface area contributed by atoms with Gasteiger partial charge in [-0.2, -0.15) is 4.98 Å². The van der Waals surface area contributed by atoms with Gasteiger partial charge < -0.3 is 16.8 Å². The second kappa shape index (κ2) is 6.29. The second-order valence-corrected chi connectivity index (χ2v) is 5.90. The monoisotopic (exact) mass is 344 g/mol. The Hall–Kier alpha value is -3.74. The van der Waals surface area contributed by atoms with E-state index in [2.05, 4.69) is 20.3 Å². The Labute approximate surface area is 149 Å². The number of fused-ring (bicyclic) bond motifs is 1. The summed E-state index contributed by atoms with van der Waals surface area (Å²) in [6.45, 7) is 0.628. The third-order valence-corrected chi connectivity index (χ3v) is 4.16. The van der Waals surface area contributed by atoms with Gasteiger partial charge in [0, 0.05) is 28.6 Å². The van der Waals surface area contributed by atoms with Crippen molar-refractivity contribution < 1.29 is 4.79 Å². The number of hydrogen-bond donors (Lipinski definition) is 3. The van der Waals surface area contributed by atoms with Crippen molar-refractivity contribution in [2.75, 3.05) is 11.1 Å². The number of aliphatic imine (C=N–C) groups is 1. The number of nitrogens with one attached hydrogen (secondary N) is 1. The zero-order chi connectivity index (χ0) is 18.1. The summed E-state index contributed by atoms with van der Waals surface area (Å²) in [6, 6.07) is 14.9. The molecule has 4 rings (SSSR count). The minimum Gasteiger partial charge on any atom is -0.368 e. The van der Waals surface area contributed by atoms with Crippen LogP contribution < -0.4 is 16.8 Å². The summed E-state index contributed by atoms with van der Waals surface area (Å²) in [5.74, 6) is 0.397. The van der Waals surface area contributed by atoms with E-state index in [-0.39, 0.29) is 5.95 Å². The third kappa shape index (κ3) is 2.98. The molecule has 7 nitrogen and oxygen atoms in total. The maximum atomic E-state index is 11.2. The Balaban J connectivity index is 1.64. The number of primary amides is 1. The minimum atomic E-state index is -0.444. The molecule has 0 saturated carbocycles. The Morgan fingerprint density at radius 2 is 1.88 bits per heavy atom. The van der Waals surface area contributed by atoms with Crippen LogP contribution in [0.25, 0.3) is 0 Å². The van der Waals surface area contributed by atoms with Gasteiger partial charge in [-0.15, -0.1) is 0 Å². The lowest BCUT2D eigenvalue weighted by Gasteiger charge is -2.10. The molecule has 5 N–H and O–H groups in total. The van der Waals surface area contributed by atoms with Gasteiger partial charge in [-0.1, -0.05) is 18.2 Å². The number of nitrogens with two attached hydrogens (primary N) is 2.